The third-order valence-electron chi connectivity index (χ3n) is 9.62. The number of fused-ring (bicyclic) bond motifs is 5. The molecule has 8 aromatic carbocycles. The van der Waals surface area contributed by atoms with Crippen LogP contribution in [0.2, 0.25) is 0 Å². The predicted molar refractivity (Wildman–Crippen MR) is 214 cm³/mol. The first-order valence-corrected chi connectivity index (χ1v) is 17.4. The molecule has 246 valence electrons. The van der Waals surface area contributed by atoms with Crippen molar-refractivity contribution in [1.29, 1.82) is 0 Å². The van der Waals surface area contributed by atoms with Crippen LogP contribution in [-0.4, -0.2) is 4.98 Å². The molecule has 0 bridgehead atoms. The highest BCUT2D eigenvalue weighted by atomic mass is 16.3. The third kappa shape index (κ3) is 5.07. The molecule has 0 aliphatic carbocycles. The van der Waals surface area contributed by atoms with Gasteiger partial charge in [0.15, 0.2) is 5.58 Å². The smallest absolute Gasteiger partial charge is 0.227 e. The Morgan fingerprint density at radius 3 is 1.79 bits per heavy atom. The van der Waals surface area contributed by atoms with Crippen LogP contribution in [0.4, 0.5) is 34.1 Å². The van der Waals surface area contributed by atoms with Crippen LogP contribution in [0.15, 0.2) is 197 Å². The lowest BCUT2D eigenvalue weighted by molar-refractivity contribution is 0.620. The number of furan rings is 1. The lowest BCUT2D eigenvalue weighted by atomic mass is 10.1. The van der Waals surface area contributed by atoms with Crippen molar-refractivity contribution in [3.8, 4) is 11.5 Å². The van der Waals surface area contributed by atoms with E-state index in [-0.39, 0.29) is 0 Å². The molecule has 0 radical (unpaired) electrons. The van der Waals surface area contributed by atoms with Crippen molar-refractivity contribution < 1.29 is 8.83 Å². The van der Waals surface area contributed by atoms with Gasteiger partial charge in [0, 0.05) is 34.1 Å². The van der Waals surface area contributed by atoms with Crippen LogP contribution in [0.1, 0.15) is 0 Å². The van der Waals surface area contributed by atoms with Gasteiger partial charge in [-0.25, -0.2) is 4.98 Å². The molecule has 2 heterocycles. The van der Waals surface area contributed by atoms with Gasteiger partial charge >= 0.3 is 0 Å². The highest BCUT2D eigenvalue weighted by Crippen LogP contribution is 2.47. The van der Waals surface area contributed by atoms with Crippen molar-refractivity contribution in [1.82, 2.24) is 4.98 Å². The molecule has 5 heteroatoms. The number of hydrogen-bond donors (Lipinski definition) is 0. The SMILES string of the molecule is c1ccc(-c2nc3c(N(c4ccccc4)c4ccc5ccccc5c4)cc(N(c4ccccc4)c4cccc5oc6ccccc6c45)cc3o2)cc1. The van der Waals surface area contributed by atoms with E-state index in [0.29, 0.717) is 11.5 Å². The highest BCUT2D eigenvalue weighted by Gasteiger charge is 2.25. The van der Waals surface area contributed by atoms with E-state index in [4.69, 9.17) is 13.8 Å². The molecule has 10 rings (SSSR count). The molecule has 0 N–H and O–H groups in total. The van der Waals surface area contributed by atoms with Crippen LogP contribution in [0.3, 0.4) is 0 Å². The van der Waals surface area contributed by atoms with Gasteiger partial charge in [-0.15, -0.1) is 0 Å². The Kier molecular flexibility index (Phi) is 7.07. The minimum Gasteiger partial charge on any atom is -0.456 e. The van der Waals surface area contributed by atoms with E-state index in [1.54, 1.807) is 0 Å². The maximum atomic E-state index is 6.71. The first-order chi connectivity index (χ1) is 25.8. The second-order valence-corrected chi connectivity index (χ2v) is 12.8. The largest absolute Gasteiger partial charge is 0.456 e. The van der Waals surface area contributed by atoms with Gasteiger partial charge in [0.1, 0.15) is 16.7 Å². The summed E-state index contributed by atoms with van der Waals surface area (Å²) < 4.78 is 13.1. The summed E-state index contributed by atoms with van der Waals surface area (Å²) in [7, 11) is 0. The van der Waals surface area contributed by atoms with Gasteiger partial charge in [-0.2, -0.15) is 0 Å². The number of aromatic nitrogens is 1. The van der Waals surface area contributed by atoms with Gasteiger partial charge in [-0.1, -0.05) is 109 Å². The average Bonchev–Trinajstić information content (AvgIpc) is 3.82. The van der Waals surface area contributed by atoms with Gasteiger partial charge < -0.3 is 18.6 Å². The lowest BCUT2D eigenvalue weighted by Gasteiger charge is -2.30. The molecule has 0 amide bonds. The number of hydrogen-bond acceptors (Lipinski definition) is 5. The fraction of sp³-hybridized carbons (Fsp3) is 0. The minimum atomic E-state index is 0.565. The van der Waals surface area contributed by atoms with Gasteiger partial charge in [0.2, 0.25) is 5.89 Å². The molecule has 0 spiro atoms. The van der Waals surface area contributed by atoms with Gasteiger partial charge in [-0.3, -0.25) is 0 Å². The Balaban J connectivity index is 1.29. The topological polar surface area (TPSA) is 45.7 Å². The number of rotatable bonds is 7. The van der Waals surface area contributed by atoms with Crippen molar-refractivity contribution in [3.05, 3.63) is 188 Å². The number of nitrogens with zero attached hydrogens (tertiary/aromatic N) is 3. The summed E-state index contributed by atoms with van der Waals surface area (Å²) in [6.45, 7) is 0. The molecule has 0 saturated heterocycles. The molecule has 0 fully saturated rings. The summed E-state index contributed by atoms with van der Waals surface area (Å²) >= 11 is 0. The van der Waals surface area contributed by atoms with Crippen LogP contribution in [-0.2, 0) is 0 Å². The predicted octanol–water partition coefficient (Wildman–Crippen LogP) is 13.5. The molecule has 0 saturated carbocycles. The van der Waals surface area contributed by atoms with Crippen LogP contribution >= 0.6 is 0 Å². The Labute approximate surface area is 300 Å². The average molecular weight is 670 g/mol. The molecule has 0 unspecified atom stereocenters. The number of para-hydroxylation sites is 3. The van der Waals surface area contributed by atoms with E-state index in [1.807, 2.05) is 60.7 Å². The van der Waals surface area contributed by atoms with E-state index in [0.717, 1.165) is 72.5 Å². The van der Waals surface area contributed by atoms with E-state index in [9.17, 15) is 0 Å². The normalized spacial score (nSPS) is 11.5. The summed E-state index contributed by atoms with van der Waals surface area (Å²) in [6.07, 6.45) is 0. The second kappa shape index (κ2) is 12.3. The van der Waals surface area contributed by atoms with Crippen molar-refractivity contribution >= 4 is 77.9 Å². The van der Waals surface area contributed by atoms with Crippen molar-refractivity contribution in [2.24, 2.45) is 0 Å². The van der Waals surface area contributed by atoms with Gasteiger partial charge in [-0.05, 0) is 83.6 Å². The first-order valence-electron chi connectivity index (χ1n) is 17.4. The summed E-state index contributed by atoms with van der Waals surface area (Å²) in [5, 5.41) is 4.44. The number of anilines is 6. The zero-order chi connectivity index (χ0) is 34.4. The van der Waals surface area contributed by atoms with Crippen molar-refractivity contribution in [2.45, 2.75) is 0 Å². The minimum absolute atomic E-state index is 0.565. The Morgan fingerprint density at radius 2 is 1.02 bits per heavy atom. The van der Waals surface area contributed by atoms with E-state index in [1.165, 1.54) is 5.39 Å². The van der Waals surface area contributed by atoms with E-state index >= 15 is 0 Å². The molecule has 0 aliphatic heterocycles. The van der Waals surface area contributed by atoms with Gasteiger partial charge in [0.05, 0.1) is 22.4 Å². The molecule has 52 heavy (non-hydrogen) atoms. The fourth-order valence-electron chi connectivity index (χ4n) is 7.27. The molecule has 10 aromatic rings. The Hall–Kier alpha value is -7.11. The van der Waals surface area contributed by atoms with Crippen LogP contribution in [0, 0.1) is 0 Å². The summed E-state index contributed by atoms with van der Waals surface area (Å²) in [6, 6.07) is 64.9. The highest BCUT2D eigenvalue weighted by molar-refractivity contribution is 6.14. The third-order valence-corrected chi connectivity index (χ3v) is 9.62. The first kappa shape index (κ1) is 29.8. The fourth-order valence-corrected chi connectivity index (χ4v) is 7.27. The molecular formula is C47H31N3O2. The van der Waals surface area contributed by atoms with E-state index in [2.05, 4.69) is 137 Å². The van der Waals surface area contributed by atoms with Crippen molar-refractivity contribution in [2.75, 3.05) is 9.80 Å². The maximum Gasteiger partial charge on any atom is 0.227 e. The maximum absolute atomic E-state index is 6.71. The summed E-state index contributed by atoms with van der Waals surface area (Å²) in [5.41, 5.74) is 9.88. The number of oxazole rings is 1. The summed E-state index contributed by atoms with van der Waals surface area (Å²) in [4.78, 5) is 9.78. The zero-order valence-corrected chi connectivity index (χ0v) is 28.1. The Morgan fingerprint density at radius 1 is 0.385 bits per heavy atom. The molecule has 0 atom stereocenters. The quantitative estimate of drug-likeness (QED) is 0.169. The molecule has 0 aliphatic rings. The van der Waals surface area contributed by atoms with Crippen LogP contribution in [0.25, 0.3) is 55.3 Å². The molecule has 5 nitrogen and oxygen atoms in total. The molecule has 2 aromatic heterocycles. The van der Waals surface area contributed by atoms with Crippen LogP contribution < -0.4 is 9.80 Å². The summed E-state index contributed by atoms with van der Waals surface area (Å²) in [5.74, 6) is 0.565. The van der Waals surface area contributed by atoms with E-state index < -0.39 is 0 Å². The monoisotopic (exact) mass is 669 g/mol. The zero-order valence-electron chi connectivity index (χ0n) is 28.1. The van der Waals surface area contributed by atoms with Crippen molar-refractivity contribution in [3.63, 3.8) is 0 Å². The van der Waals surface area contributed by atoms with Gasteiger partial charge in [0.25, 0.3) is 0 Å². The standard InChI is InChI=1S/C47H31N3O2/c1-4-16-33(17-5-1)47-48-46-41(49(35-19-6-2-7-20-35)37-28-27-32-15-10-11-18-34(32)29-37)30-38(31-44(46)52-47)50(36-21-8-3-9-22-36)40-24-14-26-43-45(40)39-23-12-13-25-42(39)51-43/h1-31H. The number of benzene rings is 8. The lowest BCUT2D eigenvalue weighted by Crippen LogP contribution is -2.14. The Bertz CT molecular complexity index is 2860. The van der Waals surface area contributed by atoms with Crippen LogP contribution in [0.5, 0.6) is 0 Å². The second-order valence-electron chi connectivity index (χ2n) is 12.8. The molecular weight excluding hydrogens is 639 g/mol.